The van der Waals surface area contributed by atoms with E-state index in [9.17, 15) is 5.11 Å². The van der Waals surface area contributed by atoms with Gasteiger partial charge in [-0.2, -0.15) is 0 Å². The van der Waals surface area contributed by atoms with Gasteiger partial charge >= 0.3 is 0 Å². The third-order valence-electron chi connectivity index (χ3n) is 3.72. The van der Waals surface area contributed by atoms with Gasteiger partial charge in [-0.05, 0) is 25.3 Å². The summed E-state index contributed by atoms with van der Waals surface area (Å²) < 4.78 is 11.8. The van der Waals surface area contributed by atoms with E-state index in [2.05, 4.69) is 0 Å². The van der Waals surface area contributed by atoms with Gasteiger partial charge in [0.25, 0.3) is 0 Å². The number of ether oxygens (including phenoxy) is 2. The first-order valence-electron chi connectivity index (χ1n) is 6.27. The molecule has 3 heteroatoms. The molecule has 2 saturated heterocycles. The smallest absolute Gasteiger partial charge is 0.166 e. The molecule has 1 N–H and O–H groups in total. The van der Waals surface area contributed by atoms with Crippen LogP contribution >= 0.6 is 0 Å². The predicted molar refractivity (Wildman–Crippen MR) is 63.4 cm³/mol. The number of aliphatic hydroxyl groups is 1. The number of hydrogen-bond donors (Lipinski definition) is 1. The van der Waals surface area contributed by atoms with Crippen molar-refractivity contribution in [3.05, 3.63) is 35.9 Å². The van der Waals surface area contributed by atoms with Gasteiger partial charge in [0.1, 0.15) is 12.2 Å². The average Bonchev–Trinajstić information content (AvgIpc) is 2.59. The lowest BCUT2D eigenvalue weighted by molar-refractivity contribution is -0.184. The number of hydrogen-bond acceptors (Lipinski definition) is 3. The minimum atomic E-state index is -0.596. The lowest BCUT2D eigenvalue weighted by Gasteiger charge is -2.26. The maximum atomic E-state index is 10.4. The molecule has 0 amide bonds. The molecule has 2 heterocycles. The molecule has 2 aliphatic rings. The zero-order valence-corrected chi connectivity index (χ0v) is 10.0. The van der Waals surface area contributed by atoms with Gasteiger partial charge in [-0.1, -0.05) is 30.3 Å². The van der Waals surface area contributed by atoms with Crippen molar-refractivity contribution in [3.63, 3.8) is 0 Å². The zero-order valence-electron chi connectivity index (χ0n) is 10.0. The summed E-state index contributed by atoms with van der Waals surface area (Å²) in [5.74, 6) is -0.483. The molecule has 0 spiro atoms. The van der Waals surface area contributed by atoms with Crippen LogP contribution in [0.2, 0.25) is 0 Å². The van der Waals surface area contributed by atoms with Crippen molar-refractivity contribution in [2.45, 2.75) is 50.3 Å². The van der Waals surface area contributed by atoms with Crippen molar-refractivity contribution in [1.82, 2.24) is 0 Å². The normalized spacial score (nSPS) is 38.0. The Morgan fingerprint density at radius 2 is 2.06 bits per heavy atom. The molecule has 0 radical (unpaired) electrons. The topological polar surface area (TPSA) is 38.7 Å². The van der Waals surface area contributed by atoms with Crippen LogP contribution in [-0.4, -0.2) is 23.1 Å². The van der Waals surface area contributed by atoms with Crippen molar-refractivity contribution in [3.8, 4) is 0 Å². The largest absolute Gasteiger partial charge is 0.386 e. The number of fused-ring (bicyclic) bond motifs is 2. The third kappa shape index (κ3) is 1.99. The van der Waals surface area contributed by atoms with E-state index in [4.69, 9.17) is 9.47 Å². The van der Waals surface area contributed by atoms with Gasteiger partial charge in [0.15, 0.2) is 5.79 Å². The fourth-order valence-electron chi connectivity index (χ4n) is 2.85. The minimum absolute atomic E-state index is 0.0314. The first-order valence-corrected chi connectivity index (χ1v) is 6.27. The van der Waals surface area contributed by atoms with Crippen LogP contribution in [0.5, 0.6) is 0 Å². The number of aliphatic hydroxyl groups excluding tert-OH is 1. The zero-order chi connectivity index (χ0) is 11.9. The molecule has 4 atom stereocenters. The molecule has 92 valence electrons. The van der Waals surface area contributed by atoms with Crippen LogP contribution in [-0.2, 0) is 9.47 Å². The lowest BCUT2D eigenvalue weighted by atomic mass is 9.96. The number of rotatable bonds is 2. The summed E-state index contributed by atoms with van der Waals surface area (Å²) in [5, 5.41) is 10.4. The second kappa shape index (κ2) is 4.09. The van der Waals surface area contributed by atoms with Crippen LogP contribution in [0.15, 0.2) is 30.3 Å². The Bertz CT molecular complexity index is 392. The molecule has 1 aromatic rings. The summed E-state index contributed by atoms with van der Waals surface area (Å²) >= 11 is 0. The highest BCUT2D eigenvalue weighted by atomic mass is 16.8. The Morgan fingerprint density at radius 3 is 2.76 bits per heavy atom. The molecule has 0 aliphatic carbocycles. The quantitative estimate of drug-likeness (QED) is 0.854. The lowest BCUT2D eigenvalue weighted by Crippen LogP contribution is -2.30. The van der Waals surface area contributed by atoms with Gasteiger partial charge in [0.2, 0.25) is 0 Å². The maximum absolute atomic E-state index is 10.4. The van der Waals surface area contributed by atoms with Crippen LogP contribution in [0, 0.1) is 0 Å². The third-order valence-corrected chi connectivity index (χ3v) is 3.72. The first-order chi connectivity index (χ1) is 8.18. The molecule has 1 aromatic carbocycles. The second-order valence-electron chi connectivity index (χ2n) is 5.12. The summed E-state index contributed by atoms with van der Waals surface area (Å²) in [7, 11) is 0. The highest BCUT2D eigenvalue weighted by Gasteiger charge is 2.49. The van der Waals surface area contributed by atoms with Crippen LogP contribution in [0.4, 0.5) is 0 Å². The van der Waals surface area contributed by atoms with Gasteiger partial charge in [-0.25, -0.2) is 0 Å². The Labute approximate surface area is 101 Å². The van der Waals surface area contributed by atoms with Gasteiger partial charge in [0.05, 0.1) is 6.10 Å². The molecule has 2 bridgehead atoms. The summed E-state index contributed by atoms with van der Waals surface area (Å²) in [6.45, 7) is 1.97. The van der Waals surface area contributed by atoms with E-state index >= 15 is 0 Å². The second-order valence-corrected chi connectivity index (χ2v) is 5.12. The SMILES string of the molecule is C[C@@]12CCC[C@H](O1)[C@@H]([C@H](O)c1ccccc1)O2. The summed E-state index contributed by atoms with van der Waals surface area (Å²) in [6, 6.07) is 9.67. The molecule has 0 unspecified atom stereocenters. The van der Waals surface area contributed by atoms with E-state index in [0.29, 0.717) is 0 Å². The molecular formula is C14H18O3. The van der Waals surface area contributed by atoms with Crippen LogP contribution in [0.25, 0.3) is 0 Å². The maximum Gasteiger partial charge on any atom is 0.166 e. The van der Waals surface area contributed by atoms with E-state index in [1.165, 1.54) is 0 Å². The van der Waals surface area contributed by atoms with Gasteiger partial charge in [0, 0.05) is 6.42 Å². The molecule has 3 nitrogen and oxygen atoms in total. The highest BCUT2D eigenvalue weighted by Crippen LogP contribution is 2.43. The Hall–Kier alpha value is -0.900. The van der Waals surface area contributed by atoms with Crippen molar-refractivity contribution in [1.29, 1.82) is 0 Å². The monoisotopic (exact) mass is 234 g/mol. The van der Waals surface area contributed by atoms with Gasteiger partial charge in [-0.3, -0.25) is 0 Å². The van der Waals surface area contributed by atoms with Gasteiger partial charge in [-0.15, -0.1) is 0 Å². The molecule has 2 aliphatic heterocycles. The van der Waals surface area contributed by atoms with Crippen molar-refractivity contribution < 1.29 is 14.6 Å². The van der Waals surface area contributed by atoms with Crippen LogP contribution < -0.4 is 0 Å². The molecule has 0 aromatic heterocycles. The van der Waals surface area contributed by atoms with Crippen molar-refractivity contribution >= 4 is 0 Å². The molecule has 2 fully saturated rings. The Balaban J connectivity index is 1.81. The van der Waals surface area contributed by atoms with E-state index in [1.807, 2.05) is 37.3 Å². The van der Waals surface area contributed by atoms with Crippen molar-refractivity contribution in [2.75, 3.05) is 0 Å². The van der Waals surface area contributed by atoms with E-state index < -0.39 is 11.9 Å². The van der Waals surface area contributed by atoms with E-state index in [1.54, 1.807) is 0 Å². The van der Waals surface area contributed by atoms with Crippen molar-refractivity contribution in [2.24, 2.45) is 0 Å². The van der Waals surface area contributed by atoms with E-state index in [-0.39, 0.29) is 12.2 Å². The van der Waals surface area contributed by atoms with E-state index in [0.717, 1.165) is 24.8 Å². The van der Waals surface area contributed by atoms with Crippen LogP contribution in [0.3, 0.4) is 0 Å². The highest BCUT2D eigenvalue weighted by molar-refractivity contribution is 5.19. The number of benzene rings is 1. The summed E-state index contributed by atoms with van der Waals surface area (Å²) in [6.07, 6.45) is 2.21. The molecular weight excluding hydrogens is 216 g/mol. The fourth-order valence-corrected chi connectivity index (χ4v) is 2.85. The van der Waals surface area contributed by atoms with Crippen LogP contribution in [0.1, 0.15) is 37.9 Å². The standard InChI is InChI=1S/C14H18O3/c1-14-9-5-8-11(16-14)13(17-14)12(15)10-6-3-2-4-7-10/h2-4,6-7,11-13,15H,5,8-9H2,1H3/t11-,12+,13-,14+/m0/s1. The first kappa shape index (κ1) is 11.2. The summed E-state index contributed by atoms with van der Waals surface area (Å²) in [5.41, 5.74) is 0.900. The Morgan fingerprint density at radius 1 is 1.29 bits per heavy atom. The van der Waals surface area contributed by atoms with Gasteiger partial charge < -0.3 is 14.6 Å². The molecule has 3 rings (SSSR count). The Kier molecular flexibility index (Phi) is 2.69. The molecule has 17 heavy (non-hydrogen) atoms. The minimum Gasteiger partial charge on any atom is -0.386 e. The average molecular weight is 234 g/mol. The summed E-state index contributed by atoms with van der Waals surface area (Å²) in [4.78, 5) is 0. The molecule has 0 saturated carbocycles. The predicted octanol–water partition coefficient (Wildman–Crippen LogP) is 2.40. The fraction of sp³-hybridized carbons (Fsp3) is 0.571.